The fourth-order valence-electron chi connectivity index (χ4n) is 3.75. The number of ether oxygens (including phenoxy) is 1. The van der Waals surface area contributed by atoms with Crippen LogP contribution in [0.2, 0.25) is 5.02 Å². The van der Waals surface area contributed by atoms with Crippen LogP contribution >= 0.6 is 11.6 Å². The van der Waals surface area contributed by atoms with Crippen molar-refractivity contribution >= 4 is 24.0 Å². The molecule has 204 valence electrons. The van der Waals surface area contributed by atoms with E-state index in [9.17, 15) is 4.79 Å². The average Bonchev–Trinajstić information content (AvgIpc) is 2.99. The lowest BCUT2D eigenvalue weighted by Gasteiger charge is -2.13. The summed E-state index contributed by atoms with van der Waals surface area (Å²) in [6, 6.07) is 32.2. The number of halogens is 1. The highest BCUT2D eigenvalue weighted by Crippen LogP contribution is 2.24. The Bertz CT molecular complexity index is 1270. The molecule has 0 fully saturated rings. The van der Waals surface area contributed by atoms with Crippen molar-refractivity contribution in [2.24, 2.45) is 0 Å². The second-order valence-electron chi connectivity index (χ2n) is 8.27. The minimum atomic E-state index is -0.250. The van der Waals surface area contributed by atoms with Crippen molar-refractivity contribution in [2.75, 3.05) is 6.54 Å². The van der Waals surface area contributed by atoms with Gasteiger partial charge in [0.1, 0.15) is 12.4 Å². The van der Waals surface area contributed by atoms with E-state index in [1.54, 1.807) is 18.2 Å². The van der Waals surface area contributed by atoms with Gasteiger partial charge < -0.3 is 15.2 Å². The van der Waals surface area contributed by atoms with Crippen LogP contribution in [-0.4, -0.2) is 24.0 Å². The third-order valence-electron chi connectivity index (χ3n) is 5.77. The monoisotopic (exact) mass is 545 g/mol. The van der Waals surface area contributed by atoms with E-state index in [0.717, 1.165) is 24.0 Å². The minimum Gasteiger partial charge on any atom is -0.488 e. The SMILES string of the molecule is CC.CCc1ccc(COc2ccc(Cl)cc2C(=O)NCCc2ccc(-c3ccccc3)cc2)cc1.O=CO. The Morgan fingerprint density at radius 1 is 0.846 bits per heavy atom. The second-order valence-corrected chi connectivity index (χ2v) is 8.71. The first-order valence-corrected chi connectivity index (χ1v) is 13.4. The van der Waals surface area contributed by atoms with E-state index in [4.69, 9.17) is 26.2 Å². The van der Waals surface area contributed by atoms with Gasteiger partial charge in [0.15, 0.2) is 0 Å². The van der Waals surface area contributed by atoms with Gasteiger partial charge in [-0.25, -0.2) is 0 Å². The van der Waals surface area contributed by atoms with E-state index in [2.05, 4.69) is 72.9 Å². The summed E-state index contributed by atoms with van der Waals surface area (Å²) in [6.07, 6.45) is 1.74. The van der Waals surface area contributed by atoms with E-state index >= 15 is 0 Å². The molecule has 1 amide bonds. The number of hydrogen-bond acceptors (Lipinski definition) is 3. The van der Waals surface area contributed by atoms with Crippen LogP contribution in [0.15, 0.2) is 97.1 Å². The van der Waals surface area contributed by atoms with Gasteiger partial charge in [0.05, 0.1) is 5.56 Å². The van der Waals surface area contributed by atoms with Crippen LogP contribution in [-0.2, 0) is 24.2 Å². The van der Waals surface area contributed by atoms with Crippen LogP contribution in [0.5, 0.6) is 5.75 Å². The maximum absolute atomic E-state index is 12.9. The van der Waals surface area contributed by atoms with Crippen LogP contribution in [0, 0.1) is 0 Å². The van der Waals surface area contributed by atoms with Crippen LogP contribution in [0.3, 0.4) is 0 Å². The number of benzene rings is 4. The number of rotatable bonds is 9. The van der Waals surface area contributed by atoms with Crippen molar-refractivity contribution in [3.63, 3.8) is 0 Å². The van der Waals surface area contributed by atoms with Gasteiger partial charge >= 0.3 is 0 Å². The first-order valence-electron chi connectivity index (χ1n) is 13.0. The molecule has 4 aromatic rings. The second kappa shape index (κ2) is 17.4. The zero-order chi connectivity index (χ0) is 28.5. The van der Waals surface area contributed by atoms with Gasteiger partial charge in [-0.05, 0) is 58.9 Å². The van der Waals surface area contributed by atoms with Crippen molar-refractivity contribution in [3.8, 4) is 16.9 Å². The molecule has 0 spiro atoms. The molecule has 0 saturated carbocycles. The molecule has 2 N–H and O–H groups in total. The first kappa shape index (κ1) is 31.1. The third kappa shape index (κ3) is 10.3. The molecule has 0 aliphatic rings. The molecule has 0 radical (unpaired) electrons. The Kier molecular flexibility index (Phi) is 13.9. The molecule has 5 nitrogen and oxygen atoms in total. The number of hydrogen-bond donors (Lipinski definition) is 2. The average molecular weight is 546 g/mol. The summed E-state index contributed by atoms with van der Waals surface area (Å²) >= 11 is 6.17. The lowest BCUT2D eigenvalue weighted by molar-refractivity contribution is -0.122. The van der Waals surface area contributed by atoms with Gasteiger partial charge in [0.2, 0.25) is 0 Å². The predicted molar refractivity (Wildman–Crippen MR) is 160 cm³/mol. The quantitative estimate of drug-likeness (QED) is 0.210. The Morgan fingerprint density at radius 3 is 2.03 bits per heavy atom. The Morgan fingerprint density at radius 2 is 1.41 bits per heavy atom. The maximum Gasteiger partial charge on any atom is 0.290 e. The molecule has 6 heteroatoms. The molecule has 0 atom stereocenters. The van der Waals surface area contributed by atoms with E-state index in [1.807, 2.05) is 32.0 Å². The lowest BCUT2D eigenvalue weighted by Crippen LogP contribution is -2.26. The van der Waals surface area contributed by atoms with Gasteiger partial charge in [0, 0.05) is 11.6 Å². The Labute approximate surface area is 236 Å². The zero-order valence-electron chi connectivity index (χ0n) is 22.7. The first-order chi connectivity index (χ1) is 19.0. The van der Waals surface area contributed by atoms with Crippen LogP contribution in [0.1, 0.15) is 47.8 Å². The molecule has 0 bridgehead atoms. The molecule has 0 unspecified atom stereocenters. The summed E-state index contributed by atoms with van der Waals surface area (Å²) in [7, 11) is 0. The molecule has 0 saturated heterocycles. The summed E-state index contributed by atoms with van der Waals surface area (Å²) in [4.78, 5) is 21.3. The summed E-state index contributed by atoms with van der Waals surface area (Å²) in [5.74, 6) is 0.327. The molecule has 4 aromatic carbocycles. The topological polar surface area (TPSA) is 75.6 Å². The largest absolute Gasteiger partial charge is 0.488 e. The summed E-state index contributed by atoms with van der Waals surface area (Å²) in [5.41, 5.74) is 6.31. The third-order valence-corrected chi connectivity index (χ3v) is 6.01. The molecule has 0 heterocycles. The Hall–Kier alpha value is -4.09. The van der Waals surface area contributed by atoms with E-state index < -0.39 is 0 Å². The molecule has 0 aliphatic carbocycles. The fourth-order valence-corrected chi connectivity index (χ4v) is 3.92. The number of carboxylic acid groups (broad SMARTS) is 1. The Balaban J connectivity index is 0.000000998. The summed E-state index contributed by atoms with van der Waals surface area (Å²) < 4.78 is 5.97. The van der Waals surface area contributed by atoms with Gasteiger partial charge in [-0.15, -0.1) is 0 Å². The highest BCUT2D eigenvalue weighted by molar-refractivity contribution is 6.31. The number of nitrogens with one attached hydrogen (secondary N) is 1. The predicted octanol–water partition coefficient (Wildman–Crippen LogP) is 7.85. The molecular weight excluding hydrogens is 510 g/mol. The van der Waals surface area contributed by atoms with Crippen molar-refractivity contribution in [1.82, 2.24) is 5.32 Å². The fraction of sp³-hybridized carbons (Fsp3) is 0.212. The van der Waals surface area contributed by atoms with Crippen LogP contribution < -0.4 is 10.1 Å². The highest BCUT2D eigenvalue weighted by atomic mass is 35.5. The minimum absolute atomic E-state index is 0.195. The molecule has 0 aliphatic heterocycles. The maximum atomic E-state index is 12.9. The molecule has 4 rings (SSSR count). The van der Waals surface area contributed by atoms with E-state index in [1.165, 1.54) is 16.7 Å². The summed E-state index contributed by atoms with van der Waals surface area (Å²) in [5, 5.41) is 10.4. The lowest BCUT2D eigenvalue weighted by atomic mass is 10.0. The summed E-state index contributed by atoms with van der Waals surface area (Å²) in [6.45, 7) is 6.79. The smallest absolute Gasteiger partial charge is 0.290 e. The number of aryl methyl sites for hydroxylation is 1. The normalized spacial score (nSPS) is 9.74. The number of carbonyl (C=O) groups is 2. The molecule has 0 aromatic heterocycles. The van der Waals surface area contributed by atoms with Crippen molar-refractivity contribution in [2.45, 2.75) is 40.2 Å². The highest BCUT2D eigenvalue weighted by Gasteiger charge is 2.13. The molecular formula is C33H36ClNO4. The van der Waals surface area contributed by atoms with Crippen molar-refractivity contribution in [3.05, 3.63) is 124 Å². The van der Waals surface area contributed by atoms with Crippen molar-refractivity contribution < 1.29 is 19.4 Å². The van der Waals surface area contributed by atoms with Gasteiger partial charge in [-0.3, -0.25) is 9.59 Å². The number of amides is 1. The van der Waals surface area contributed by atoms with Gasteiger partial charge in [-0.1, -0.05) is 111 Å². The van der Waals surface area contributed by atoms with E-state index in [0.29, 0.717) is 29.5 Å². The standard InChI is InChI=1S/C30H28ClNO2.C2H6.CH2O2/c1-2-22-8-10-24(11-9-22)21-34-29-17-16-27(31)20-28(29)30(33)32-19-18-23-12-14-26(15-13-23)25-6-4-3-5-7-25;1-2;2-1-3/h3-17,20H,2,18-19,21H2,1H3,(H,32,33);1-2H3;1H,(H,2,3). The zero-order valence-corrected chi connectivity index (χ0v) is 23.4. The van der Waals surface area contributed by atoms with Crippen molar-refractivity contribution in [1.29, 1.82) is 0 Å². The van der Waals surface area contributed by atoms with Gasteiger partial charge in [-0.2, -0.15) is 0 Å². The van der Waals surface area contributed by atoms with Crippen LogP contribution in [0.25, 0.3) is 11.1 Å². The molecule has 39 heavy (non-hydrogen) atoms. The van der Waals surface area contributed by atoms with E-state index in [-0.39, 0.29) is 12.4 Å². The van der Waals surface area contributed by atoms with Crippen LogP contribution in [0.4, 0.5) is 0 Å². The van der Waals surface area contributed by atoms with Gasteiger partial charge in [0.25, 0.3) is 12.4 Å². The number of carbonyl (C=O) groups excluding carboxylic acids is 1.